The molecule has 84 valence electrons. The predicted molar refractivity (Wildman–Crippen MR) is 53.2 cm³/mol. The van der Waals surface area contributed by atoms with Crippen molar-refractivity contribution in [3.05, 3.63) is 0 Å². The zero-order chi connectivity index (χ0) is 11.0. The third-order valence-corrected chi connectivity index (χ3v) is 2.08. The third-order valence-electron chi connectivity index (χ3n) is 2.08. The molecular formula is C10H20O4. The highest BCUT2D eigenvalue weighted by atomic mass is 16.5. The SMILES string of the molecule is CCC(C)OCC(O)CCCC(=O)O. The lowest BCUT2D eigenvalue weighted by Gasteiger charge is -2.14. The Labute approximate surface area is 84.9 Å². The molecule has 4 nitrogen and oxygen atoms in total. The molecule has 2 unspecified atom stereocenters. The fourth-order valence-corrected chi connectivity index (χ4v) is 0.965. The first-order chi connectivity index (χ1) is 6.56. The van der Waals surface area contributed by atoms with Crippen molar-refractivity contribution in [3.8, 4) is 0 Å². The summed E-state index contributed by atoms with van der Waals surface area (Å²) in [6, 6.07) is 0. The highest BCUT2D eigenvalue weighted by Gasteiger charge is 2.07. The molecule has 0 spiro atoms. The van der Waals surface area contributed by atoms with Gasteiger partial charge in [0.2, 0.25) is 0 Å². The Hall–Kier alpha value is -0.610. The topological polar surface area (TPSA) is 66.8 Å². The minimum atomic E-state index is -0.819. The number of carboxylic acid groups (broad SMARTS) is 1. The van der Waals surface area contributed by atoms with Gasteiger partial charge in [0.25, 0.3) is 0 Å². The minimum absolute atomic E-state index is 0.111. The van der Waals surface area contributed by atoms with Crippen LogP contribution < -0.4 is 0 Å². The molecule has 0 aliphatic carbocycles. The lowest BCUT2D eigenvalue weighted by molar-refractivity contribution is -0.137. The van der Waals surface area contributed by atoms with Gasteiger partial charge in [0.15, 0.2) is 0 Å². The molecule has 0 fully saturated rings. The van der Waals surface area contributed by atoms with Crippen LogP contribution >= 0.6 is 0 Å². The first-order valence-corrected chi connectivity index (χ1v) is 5.07. The molecule has 2 N–H and O–H groups in total. The fraction of sp³-hybridized carbons (Fsp3) is 0.900. The van der Waals surface area contributed by atoms with Crippen molar-refractivity contribution in [2.75, 3.05) is 6.61 Å². The largest absolute Gasteiger partial charge is 0.481 e. The summed E-state index contributed by atoms with van der Waals surface area (Å²) in [7, 11) is 0. The first kappa shape index (κ1) is 13.4. The Bertz CT molecular complexity index is 158. The molecule has 2 atom stereocenters. The third kappa shape index (κ3) is 8.01. The van der Waals surface area contributed by atoms with Gasteiger partial charge in [0.05, 0.1) is 18.8 Å². The van der Waals surface area contributed by atoms with Crippen LogP contribution in [0.3, 0.4) is 0 Å². The second-order valence-electron chi connectivity index (χ2n) is 3.49. The maximum Gasteiger partial charge on any atom is 0.303 e. The van der Waals surface area contributed by atoms with E-state index in [1.165, 1.54) is 0 Å². The van der Waals surface area contributed by atoms with Crippen molar-refractivity contribution in [1.82, 2.24) is 0 Å². The normalized spacial score (nSPS) is 15.1. The Morgan fingerprint density at radius 3 is 2.64 bits per heavy atom. The predicted octanol–water partition coefficient (Wildman–Crippen LogP) is 1.42. The standard InChI is InChI=1S/C10H20O4/c1-3-8(2)14-7-9(11)5-4-6-10(12)13/h8-9,11H,3-7H2,1-2H3,(H,12,13). The van der Waals surface area contributed by atoms with Crippen LogP contribution in [0.5, 0.6) is 0 Å². The number of aliphatic carboxylic acids is 1. The second-order valence-corrected chi connectivity index (χ2v) is 3.49. The van der Waals surface area contributed by atoms with E-state index in [1.54, 1.807) is 0 Å². The minimum Gasteiger partial charge on any atom is -0.481 e. The number of carbonyl (C=O) groups is 1. The van der Waals surface area contributed by atoms with E-state index < -0.39 is 12.1 Å². The summed E-state index contributed by atoms with van der Waals surface area (Å²) in [5, 5.41) is 17.8. The number of rotatable bonds is 8. The van der Waals surface area contributed by atoms with Crippen LogP contribution in [0.1, 0.15) is 39.5 Å². The molecule has 0 saturated carbocycles. The quantitative estimate of drug-likeness (QED) is 0.627. The van der Waals surface area contributed by atoms with Crippen LogP contribution in [0.15, 0.2) is 0 Å². The molecule has 0 aromatic heterocycles. The number of ether oxygens (including phenoxy) is 1. The van der Waals surface area contributed by atoms with E-state index in [0.29, 0.717) is 19.4 Å². The molecule has 14 heavy (non-hydrogen) atoms. The second kappa shape index (κ2) is 7.76. The molecule has 0 radical (unpaired) electrons. The Kier molecular flexibility index (Phi) is 7.42. The molecule has 4 heteroatoms. The molecule has 0 aliphatic rings. The van der Waals surface area contributed by atoms with Gasteiger partial charge in [-0.15, -0.1) is 0 Å². The van der Waals surface area contributed by atoms with E-state index in [0.717, 1.165) is 6.42 Å². The molecular weight excluding hydrogens is 184 g/mol. The number of hydrogen-bond donors (Lipinski definition) is 2. The van der Waals surface area contributed by atoms with E-state index in [2.05, 4.69) is 0 Å². The van der Waals surface area contributed by atoms with Crippen LogP contribution in [0.4, 0.5) is 0 Å². The van der Waals surface area contributed by atoms with Crippen LogP contribution in [0.25, 0.3) is 0 Å². The van der Waals surface area contributed by atoms with E-state index in [-0.39, 0.29) is 12.5 Å². The summed E-state index contributed by atoms with van der Waals surface area (Å²) >= 11 is 0. The highest BCUT2D eigenvalue weighted by molar-refractivity contribution is 5.66. The maximum atomic E-state index is 10.2. The van der Waals surface area contributed by atoms with E-state index in [9.17, 15) is 9.90 Å². The Morgan fingerprint density at radius 1 is 1.50 bits per heavy atom. The van der Waals surface area contributed by atoms with Gasteiger partial charge in [-0.05, 0) is 26.2 Å². The van der Waals surface area contributed by atoms with Crippen molar-refractivity contribution in [2.24, 2.45) is 0 Å². The van der Waals surface area contributed by atoms with Crippen molar-refractivity contribution in [2.45, 2.75) is 51.7 Å². The monoisotopic (exact) mass is 204 g/mol. The van der Waals surface area contributed by atoms with Crippen LogP contribution in [-0.4, -0.2) is 35.0 Å². The smallest absolute Gasteiger partial charge is 0.303 e. The average Bonchev–Trinajstić information content (AvgIpc) is 2.13. The van der Waals surface area contributed by atoms with E-state index >= 15 is 0 Å². The van der Waals surface area contributed by atoms with Crippen LogP contribution in [0, 0.1) is 0 Å². The number of hydrogen-bond acceptors (Lipinski definition) is 3. The Morgan fingerprint density at radius 2 is 2.14 bits per heavy atom. The molecule has 0 heterocycles. The highest BCUT2D eigenvalue weighted by Crippen LogP contribution is 2.04. The summed E-state index contributed by atoms with van der Waals surface area (Å²) < 4.78 is 5.31. The number of aliphatic hydroxyl groups excluding tert-OH is 1. The van der Waals surface area contributed by atoms with E-state index in [4.69, 9.17) is 9.84 Å². The molecule has 0 aromatic rings. The van der Waals surface area contributed by atoms with Gasteiger partial charge >= 0.3 is 5.97 Å². The van der Waals surface area contributed by atoms with Gasteiger partial charge in [0.1, 0.15) is 0 Å². The maximum absolute atomic E-state index is 10.2. The molecule has 0 amide bonds. The average molecular weight is 204 g/mol. The summed E-state index contributed by atoms with van der Waals surface area (Å²) in [6.07, 6.45) is 1.64. The zero-order valence-electron chi connectivity index (χ0n) is 8.90. The zero-order valence-corrected chi connectivity index (χ0v) is 8.90. The number of aliphatic hydroxyl groups is 1. The summed E-state index contributed by atoms with van der Waals surface area (Å²) in [5.41, 5.74) is 0. The first-order valence-electron chi connectivity index (χ1n) is 5.07. The number of carboxylic acids is 1. The van der Waals surface area contributed by atoms with Crippen LogP contribution in [0.2, 0.25) is 0 Å². The Balaban J connectivity index is 3.36. The van der Waals surface area contributed by atoms with Crippen molar-refractivity contribution < 1.29 is 19.7 Å². The van der Waals surface area contributed by atoms with Gasteiger partial charge in [0, 0.05) is 6.42 Å². The van der Waals surface area contributed by atoms with Crippen molar-refractivity contribution in [1.29, 1.82) is 0 Å². The van der Waals surface area contributed by atoms with Crippen molar-refractivity contribution in [3.63, 3.8) is 0 Å². The van der Waals surface area contributed by atoms with Gasteiger partial charge in [-0.3, -0.25) is 4.79 Å². The van der Waals surface area contributed by atoms with Crippen LogP contribution in [-0.2, 0) is 9.53 Å². The molecule has 0 aliphatic heterocycles. The van der Waals surface area contributed by atoms with Crippen molar-refractivity contribution >= 4 is 5.97 Å². The lowest BCUT2D eigenvalue weighted by Crippen LogP contribution is -2.19. The summed E-state index contributed by atoms with van der Waals surface area (Å²) in [4.78, 5) is 10.2. The van der Waals surface area contributed by atoms with E-state index in [1.807, 2.05) is 13.8 Å². The summed E-state index contributed by atoms with van der Waals surface area (Å²) in [6.45, 7) is 4.26. The lowest BCUT2D eigenvalue weighted by atomic mass is 10.1. The summed E-state index contributed by atoms with van der Waals surface area (Å²) in [5.74, 6) is -0.819. The molecule has 0 bridgehead atoms. The van der Waals surface area contributed by atoms with Gasteiger partial charge in [-0.1, -0.05) is 6.92 Å². The van der Waals surface area contributed by atoms with Gasteiger partial charge in [-0.25, -0.2) is 0 Å². The molecule has 0 aromatic carbocycles. The van der Waals surface area contributed by atoms with Gasteiger partial charge < -0.3 is 14.9 Å². The molecule has 0 saturated heterocycles. The fourth-order valence-electron chi connectivity index (χ4n) is 0.965. The molecule has 0 rings (SSSR count). The van der Waals surface area contributed by atoms with Gasteiger partial charge in [-0.2, -0.15) is 0 Å².